The molecular formula is C16H18N4O6. The van der Waals surface area contributed by atoms with Crippen molar-refractivity contribution in [2.75, 3.05) is 0 Å². The Bertz CT molecular complexity index is 804. The monoisotopic (exact) mass is 362 g/mol. The second-order valence-corrected chi connectivity index (χ2v) is 6.12. The van der Waals surface area contributed by atoms with Gasteiger partial charge in [-0.25, -0.2) is 19.5 Å². The van der Waals surface area contributed by atoms with E-state index in [0.717, 1.165) is 6.07 Å². The molecule has 1 aliphatic rings. The quantitative estimate of drug-likeness (QED) is 0.622. The molecule has 1 aliphatic heterocycles. The van der Waals surface area contributed by atoms with Crippen LogP contribution in [0, 0.1) is 16.0 Å². The highest BCUT2D eigenvalue weighted by molar-refractivity contribution is 6.11. The molecule has 0 spiro atoms. The van der Waals surface area contributed by atoms with E-state index < -0.39 is 34.9 Å². The van der Waals surface area contributed by atoms with Crippen LogP contribution in [0.2, 0.25) is 0 Å². The van der Waals surface area contributed by atoms with Crippen LogP contribution in [0.4, 0.5) is 15.3 Å². The number of aliphatic carboxylic acids is 1. The number of urea groups is 2. The summed E-state index contributed by atoms with van der Waals surface area (Å²) < 4.78 is 0. The van der Waals surface area contributed by atoms with Gasteiger partial charge in [0, 0.05) is 23.9 Å². The minimum atomic E-state index is -1.31. The van der Waals surface area contributed by atoms with Crippen LogP contribution >= 0.6 is 0 Å². The lowest BCUT2D eigenvalue weighted by atomic mass is 9.87. The van der Waals surface area contributed by atoms with Crippen LogP contribution in [0.3, 0.4) is 0 Å². The van der Waals surface area contributed by atoms with E-state index in [4.69, 9.17) is 0 Å². The molecule has 1 aromatic rings. The maximum Gasteiger partial charge on any atom is 0.352 e. The Morgan fingerprint density at radius 1 is 1.38 bits per heavy atom. The molecule has 2 unspecified atom stereocenters. The number of imide groups is 1. The zero-order valence-electron chi connectivity index (χ0n) is 14.4. The third-order valence-electron chi connectivity index (χ3n) is 3.84. The number of nitrogens with zero attached hydrogens (tertiary/aromatic N) is 3. The van der Waals surface area contributed by atoms with Crippen molar-refractivity contribution < 1.29 is 24.4 Å². The molecule has 0 saturated carbocycles. The van der Waals surface area contributed by atoms with Crippen LogP contribution in [0.25, 0.3) is 0 Å². The average Bonchev–Trinajstić information content (AvgIpc) is 2.52. The molecule has 0 radical (unpaired) electrons. The summed E-state index contributed by atoms with van der Waals surface area (Å²) in [6, 6.07) is 1.91. The first-order valence-corrected chi connectivity index (χ1v) is 7.79. The normalized spacial score (nSPS) is 19.9. The van der Waals surface area contributed by atoms with Crippen LogP contribution in [-0.2, 0) is 4.79 Å². The molecule has 0 aliphatic carbocycles. The van der Waals surface area contributed by atoms with Crippen LogP contribution in [0.5, 0.6) is 0 Å². The molecule has 10 heteroatoms. The minimum absolute atomic E-state index is 0.0209. The molecule has 0 bridgehead atoms. The summed E-state index contributed by atoms with van der Waals surface area (Å²) >= 11 is 0. The Hall–Kier alpha value is -3.30. The first-order chi connectivity index (χ1) is 12.1. The second kappa shape index (κ2) is 7.30. The van der Waals surface area contributed by atoms with Crippen molar-refractivity contribution in [2.45, 2.75) is 32.9 Å². The number of hydrogen-bond acceptors (Lipinski definition) is 5. The van der Waals surface area contributed by atoms with Gasteiger partial charge in [0.15, 0.2) is 0 Å². The van der Waals surface area contributed by atoms with Crippen molar-refractivity contribution in [3.8, 4) is 0 Å². The number of rotatable bonds is 4. The largest absolute Gasteiger partial charge is 0.481 e. The van der Waals surface area contributed by atoms with Gasteiger partial charge in [0.1, 0.15) is 5.92 Å². The van der Waals surface area contributed by atoms with Crippen LogP contribution in [-0.4, -0.2) is 44.7 Å². The van der Waals surface area contributed by atoms with Gasteiger partial charge in [-0.15, -0.1) is 0 Å². The lowest BCUT2D eigenvalue weighted by Gasteiger charge is -2.36. The Kier molecular flexibility index (Phi) is 5.34. The summed E-state index contributed by atoms with van der Waals surface area (Å²) in [4.78, 5) is 51.4. The van der Waals surface area contributed by atoms with Gasteiger partial charge in [0.25, 0.3) is 5.69 Å². The molecule has 2 rings (SSSR count). The zero-order chi connectivity index (χ0) is 19.6. The van der Waals surface area contributed by atoms with Gasteiger partial charge in [-0.05, 0) is 26.3 Å². The van der Waals surface area contributed by atoms with E-state index in [2.05, 4.69) is 10.3 Å². The molecule has 2 N–H and O–H groups in total. The third-order valence-corrected chi connectivity index (χ3v) is 3.84. The van der Waals surface area contributed by atoms with Crippen LogP contribution in [0.15, 0.2) is 29.3 Å². The molecule has 1 heterocycles. The fraction of sp³-hybridized carbons (Fsp3) is 0.375. The van der Waals surface area contributed by atoms with Crippen molar-refractivity contribution in [3.63, 3.8) is 0 Å². The maximum absolute atomic E-state index is 12.5. The molecule has 138 valence electrons. The van der Waals surface area contributed by atoms with Gasteiger partial charge in [-0.1, -0.05) is 12.1 Å². The number of carbonyl (C=O) groups excluding carboxylic acids is 2. The summed E-state index contributed by atoms with van der Waals surface area (Å²) in [5.41, 5.74) is -0.0934. The maximum atomic E-state index is 12.5. The summed E-state index contributed by atoms with van der Waals surface area (Å²) in [6.07, 6.45) is 0. The fourth-order valence-corrected chi connectivity index (χ4v) is 2.78. The number of non-ortho nitro benzene ring substituents is 1. The standard InChI is InChI=1S/C16H18N4O6/c1-8(2)17-15(23)19-13(10-5-4-6-11(7-10)20(25)26)12(14(21)22)9(3)18-16(19)24/h4-8,12-13H,1-3H3,(H,17,23)(H,21,22). The van der Waals surface area contributed by atoms with E-state index in [1.165, 1.54) is 25.1 Å². The number of nitro benzene ring substituents is 1. The number of carboxylic acids is 1. The molecule has 26 heavy (non-hydrogen) atoms. The molecule has 10 nitrogen and oxygen atoms in total. The average molecular weight is 362 g/mol. The summed E-state index contributed by atoms with van der Waals surface area (Å²) in [5, 5.41) is 23.2. The SMILES string of the molecule is CC1=NC(=O)N(C(=O)NC(C)C)C(c2cccc([N+](=O)[O-])c2)C1C(=O)O. The van der Waals surface area contributed by atoms with Gasteiger partial charge in [-0.2, -0.15) is 0 Å². The predicted octanol–water partition coefficient (Wildman–Crippen LogP) is 2.35. The number of carbonyl (C=O) groups is 3. The van der Waals surface area contributed by atoms with E-state index in [0.29, 0.717) is 4.90 Å². The Labute approximate surface area is 148 Å². The van der Waals surface area contributed by atoms with E-state index in [-0.39, 0.29) is 23.0 Å². The number of carboxylic acid groups (broad SMARTS) is 1. The van der Waals surface area contributed by atoms with E-state index in [1.54, 1.807) is 13.8 Å². The van der Waals surface area contributed by atoms with Gasteiger partial charge < -0.3 is 10.4 Å². The number of amides is 4. The van der Waals surface area contributed by atoms with Gasteiger partial charge in [-0.3, -0.25) is 14.9 Å². The van der Waals surface area contributed by atoms with Gasteiger partial charge in [0.05, 0.1) is 11.0 Å². The van der Waals surface area contributed by atoms with E-state index in [9.17, 15) is 29.6 Å². The molecule has 4 amide bonds. The number of aliphatic imine (C=N–C) groups is 1. The first-order valence-electron chi connectivity index (χ1n) is 7.79. The van der Waals surface area contributed by atoms with Crippen molar-refractivity contribution in [1.29, 1.82) is 0 Å². The number of hydrogen-bond donors (Lipinski definition) is 2. The highest BCUT2D eigenvalue weighted by Gasteiger charge is 2.45. The van der Waals surface area contributed by atoms with Crippen molar-refractivity contribution in [3.05, 3.63) is 39.9 Å². The molecule has 0 aromatic heterocycles. The Balaban J connectivity index is 2.62. The topological polar surface area (TPSA) is 142 Å². The van der Waals surface area contributed by atoms with Crippen molar-refractivity contribution in [1.82, 2.24) is 10.2 Å². The zero-order valence-corrected chi connectivity index (χ0v) is 14.4. The number of nitro groups is 1. The van der Waals surface area contributed by atoms with Gasteiger partial charge in [0.2, 0.25) is 0 Å². The summed E-state index contributed by atoms with van der Waals surface area (Å²) in [5.74, 6) is -2.61. The molecule has 0 fully saturated rings. The Morgan fingerprint density at radius 2 is 2.04 bits per heavy atom. The van der Waals surface area contributed by atoms with Crippen LogP contribution in [0.1, 0.15) is 32.4 Å². The number of benzene rings is 1. The third kappa shape index (κ3) is 3.68. The van der Waals surface area contributed by atoms with E-state index in [1.807, 2.05) is 0 Å². The Morgan fingerprint density at radius 3 is 2.58 bits per heavy atom. The lowest BCUT2D eigenvalue weighted by molar-refractivity contribution is -0.385. The van der Waals surface area contributed by atoms with Crippen LogP contribution < -0.4 is 5.32 Å². The van der Waals surface area contributed by atoms with E-state index >= 15 is 0 Å². The second-order valence-electron chi connectivity index (χ2n) is 6.12. The smallest absolute Gasteiger partial charge is 0.352 e. The molecule has 1 aromatic carbocycles. The molecule has 2 atom stereocenters. The van der Waals surface area contributed by atoms with Crippen molar-refractivity contribution in [2.24, 2.45) is 10.9 Å². The fourth-order valence-electron chi connectivity index (χ4n) is 2.78. The summed E-state index contributed by atoms with van der Waals surface area (Å²) in [6.45, 7) is 4.73. The predicted molar refractivity (Wildman–Crippen MR) is 91.0 cm³/mol. The molecule has 0 saturated heterocycles. The van der Waals surface area contributed by atoms with Gasteiger partial charge >= 0.3 is 18.0 Å². The molecular weight excluding hydrogens is 344 g/mol. The lowest BCUT2D eigenvalue weighted by Crippen LogP contribution is -2.53. The first kappa shape index (κ1) is 19.0. The van der Waals surface area contributed by atoms with Crippen molar-refractivity contribution >= 4 is 29.4 Å². The highest BCUT2D eigenvalue weighted by atomic mass is 16.6. The minimum Gasteiger partial charge on any atom is -0.481 e. The highest BCUT2D eigenvalue weighted by Crippen LogP contribution is 2.35. The number of nitrogens with one attached hydrogen (secondary N) is 1. The summed E-state index contributed by atoms with van der Waals surface area (Å²) in [7, 11) is 0.